The Hall–Kier alpha value is -1.95. The van der Waals surface area contributed by atoms with E-state index < -0.39 is 0 Å². The van der Waals surface area contributed by atoms with Crippen molar-refractivity contribution in [3.8, 4) is 0 Å². The molecule has 0 aromatic rings. The lowest BCUT2D eigenvalue weighted by Crippen LogP contribution is -2.44. The van der Waals surface area contributed by atoms with Gasteiger partial charge in [-0.2, -0.15) is 0 Å². The molecule has 0 bridgehead atoms. The fourth-order valence-corrected chi connectivity index (χ4v) is 4.06. The molecule has 4 aliphatic rings. The lowest BCUT2D eigenvalue weighted by atomic mass is 10.0. The van der Waals surface area contributed by atoms with E-state index in [1.165, 1.54) is 42.8 Å². The smallest absolute Gasteiger partial charge is 0.139 e. The molecule has 0 radical (unpaired) electrons. The van der Waals surface area contributed by atoms with Crippen LogP contribution in [0.5, 0.6) is 0 Å². The Balaban J connectivity index is 1.69. The summed E-state index contributed by atoms with van der Waals surface area (Å²) in [6, 6.07) is 0.595. The summed E-state index contributed by atoms with van der Waals surface area (Å²) in [5, 5.41) is 5.65. The van der Waals surface area contributed by atoms with E-state index in [2.05, 4.69) is 29.0 Å². The molecule has 130 valence electrons. The topological polar surface area (TPSA) is 43.3 Å². The molecule has 1 saturated carbocycles. The lowest BCUT2D eigenvalue weighted by molar-refractivity contribution is -0.0971. The number of aliphatic imine (C=N–C) groups is 1. The second-order valence-corrected chi connectivity index (χ2v) is 6.95. The third kappa shape index (κ3) is 2.49. The minimum Gasteiger partial charge on any atom is -0.380 e. The first-order valence-corrected chi connectivity index (χ1v) is 9.01. The Morgan fingerprint density at radius 3 is 2.83 bits per heavy atom. The predicted octanol–water partition coefficient (Wildman–Crippen LogP) is 2.36. The number of fused-ring (bicyclic) bond motifs is 2. The first-order valence-electron chi connectivity index (χ1n) is 9.01. The molecule has 6 heteroatoms. The van der Waals surface area contributed by atoms with Gasteiger partial charge in [-0.15, -0.1) is 0 Å². The van der Waals surface area contributed by atoms with Crippen molar-refractivity contribution in [3.63, 3.8) is 0 Å². The molecule has 0 amide bonds. The third-order valence-electron chi connectivity index (χ3n) is 5.37. The van der Waals surface area contributed by atoms with Gasteiger partial charge in [-0.05, 0) is 32.3 Å². The molecule has 0 unspecified atom stereocenters. The highest BCUT2D eigenvalue weighted by Crippen LogP contribution is 2.36. The van der Waals surface area contributed by atoms with Crippen molar-refractivity contribution < 1.29 is 4.84 Å². The van der Waals surface area contributed by atoms with Gasteiger partial charge in [0.2, 0.25) is 0 Å². The van der Waals surface area contributed by atoms with Crippen molar-refractivity contribution in [2.24, 2.45) is 4.99 Å². The molecular formula is C18H27N5O. The summed E-state index contributed by atoms with van der Waals surface area (Å²) in [5.74, 6) is 1.21. The summed E-state index contributed by atoms with van der Waals surface area (Å²) in [6.07, 6.45) is 9.18. The van der Waals surface area contributed by atoms with Crippen molar-refractivity contribution in [2.75, 3.05) is 26.9 Å². The molecule has 24 heavy (non-hydrogen) atoms. The zero-order valence-electron chi connectivity index (χ0n) is 14.9. The summed E-state index contributed by atoms with van der Waals surface area (Å²) < 4.78 is 0. The van der Waals surface area contributed by atoms with Crippen LogP contribution in [0.25, 0.3) is 0 Å². The van der Waals surface area contributed by atoms with Crippen LogP contribution in [0.1, 0.15) is 39.5 Å². The molecule has 0 spiro atoms. The molecule has 1 aliphatic carbocycles. The van der Waals surface area contributed by atoms with Crippen LogP contribution in [0.3, 0.4) is 0 Å². The van der Waals surface area contributed by atoms with Crippen LogP contribution in [-0.4, -0.2) is 54.0 Å². The molecule has 0 saturated heterocycles. The Labute approximate surface area is 144 Å². The van der Waals surface area contributed by atoms with Crippen LogP contribution < -0.4 is 5.32 Å². The van der Waals surface area contributed by atoms with Gasteiger partial charge >= 0.3 is 0 Å². The van der Waals surface area contributed by atoms with Gasteiger partial charge in [0.15, 0.2) is 0 Å². The van der Waals surface area contributed by atoms with E-state index in [-0.39, 0.29) is 0 Å². The average molecular weight is 329 g/mol. The van der Waals surface area contributed by atoms with E-state index in [9.17, 15) is 0 Å². The van der Waals surface area contributed by atoms with Gasteiger partial charge in [0, 0.05) is 19.1 Å². The van der Waals surface area contributed by atoms with Gasteiger partial charge < -0.3 is 15.1 Å². The van der Waals surface area contributed by atoms with Crippen molar-refractivity contribution in [1.29, 1.82) is 0 Å². The van der Waals surface area contributed by atoms with Crippen molar-refractivity contribution in [3.05, 3.63) is 34.7 Å². The van der Waals surface area contributed by atoms with Crippen LogP contribution in [0, 0.1) is 0 Å². The van der Waals surface area contributed by atoms with Crippen LogP contribution in [-0.2, 0) is 4.84 Å². The van der Waals surface area contributed by atoms with Gasteiger partial charge in [-0.3, -0.25) is 4.84 Å². The minimum atomic E-state index is 0.595. The van der Waals surface area contributed by atoms with Gasteiger partial charge in [-0.1, -0.05) is 12.8 Å². The highest BCUT2D eigenvalue weighted by atomic mass is 16.7. The number of nitrogens with one attached hydrogen (secondary N) is 1. The van der Waals surface area contributed by atoms with Crippen LogP contribution >= 0.6 is 0 Å². The zero-order chi connectivity index (χ0) is 16.7. The van der Waals surface area contributed by atoms with E-state index in [0.29, 0.717) is 12.7 Å². The Bertz CT molecular complexity index is 642. The molecule has 0 aromatic heterocycles. The average Bonchev–Trinajstić information content (AvgIpc) is 3.25. The van der Waals surface area contributed by atoms with E-state index in [4.69, 9.17) is 9.83 Å². The summed E-state index contributed by atoms with van der Waals surface area (Å²) in [5.41, 5.74) is 4.80. The minimum absolute atomic E-state index is 0.595. The SMILES string of the molecule is CCN1CC(C)=C(NC2CCCC2)C2=C1N1CN(OC)C=C1C=N2. The van der Waals surface area contributed by atoms with Crippen LogP contribution in [0.2, 0.25) is 0 Å². The largest absolute Gasteiger partial charge is 0.380 e. The van der Waals surface area contributed by atoms with Gasteiger partial charge in [-0.25, -0.2) is 10.1 Å². The molecule has 4 rings (SSSR count). The van der Waals surface area contributed by atoms with E-state index >= 15 is 0 Å². The number of rotatable bonds is 4. The van der Waals surface area contributed by atoms with Crippen molar-refractivity contribution in [2.45, 2.75) is 45.6 Å². The fourth-order valence-electron chi connectivity index (χ4n) is 4.06. The molecule has 1 fully saturated rings. The summed E-state index contributed by atoms with van der Waals surface area (Å²) in [4.78, 5) is 14.9. The van der Waals surface area contributed by atoms with Gasteiger partial charge in [0.1, 0.15) is 18.2 Å². The normalized spacial score (nSPS) is 24.0. The number of hydroxylamine groups is 2. The molecule has 0 aromatic carbocycles. The monoisotopic (exact) mass is 329 g/mol. The molecular weight excluding hydrogens is 302 g/mol. The number of hydrogen-bond donors (Lipinski definition) is 1. The highest BCUT2D eigenvalue weighted by Gasteiger charge is 2.36. The Morgan fingerprint density at radius 2 is 2.12 bits per heavy atom. The van der Waals surface area contributed by atoms with Gasteiger partial charge in [0.05, 0.1) is 30.9 Å². The zero-order valence-corrected chi connectivity index (χ0v) is 14.9. The van der Waals surface area contributed by atoms with Crippen molar-refractivity contribution in [1.82, 2.24) is 20.2 Å². The Kier molecular flexibility index (Phi) is 4.00. The number of hydrogen-bond acceptors (Lipinski definition) is 6. The summed E-state index contributed by atoms with van der Waals surface area (Å²) in [6.45, 7) is 7.08. The maximum atomic E-state index is 5.39. The maximum absolute atomic E-state index is 5.39. The van der Waals surface area contributed by atoms with E-state index in [1.54, 1.807) is 7.11 Å². The molecule has 3 aliphatic heterocycles. The summed E-state index contributed by atoms with van der Waals surface area (Å²) in [7, 11) is 1.71. The summed E-state index contributed by atoms with van der Waals surface area (Å²) >= 11 is 0. The quantitative estimate of drug-likeness (QED) is 0.858. The van der Waals surface area contributed by atoms with E-state index in [0.717, 1.165) is 24.5 Å². The lowest BCUT2D eigenvalue weighted by Gasteiger charge is -2.41. The first-order chi connectivity index (χ1) is 11.7. The highest BCUT2D eigenvalue weighted by molar-refractivity contribution is 5.82. The number of allylic oxidation sites excluding steroid dienone is 1. The molecule has 1 N–H and O–H groups in total. The molecule has 6 nitrogen and oxygen atoms in total. The van der Waals surface area contributed by atoms with E-state index in [1.807, 2.05) is 17.5 Å². The third-order valence-corrected chi connectivity index (χ3v) is 5.37. The van der Waals surface area contributed by atoms with Gasteiger partial charge in [0.25, 0.3) is 0 Å². The number of nitrogens with zero attached hydrogens (tertiary/aromatic N) is 4. The second-order valence-electron chi connectivity index (χ2n) is 6.95. The first kappa shape index (κ1) is 15.6. The fraction of sp³-hybridized carbons (Fsp3) is 0.611. The predicted molar refractivity (Wildman–Crippen MR) is 94.5 cm³/mol. The van der Waals surface area contributed by atoms with Crippen molar-refractivity contribution >= 4 is 6.21 Å². The molecule has 0 atom stereocenters. The molecule has 3 heterocycles. The number of likely N-dealkylation sites (N-methyl/N-ethyl adjacent to an activating group) is 1. The maximum Gasteiger partial charge on any atom is 0.139 e. The Morgan fingerprint density at radius 1 is 1.33 bits per heavy atom. The van der Waals surface area contributed by atoms with Crippen LogP contribution in [0.15, 0.2) is 39.7 Å². The second kappa shape index (κ2) is 6.16. The standard InChI is InChI=1S/C18H27N5O/c1-4-21-10-13(2)16(20-14-7-5-6-8-14)17-18(21)23-12-22(24-3)11-15(23)9-19-17/h9,11,14,20H,4-8,10,12H2,1-3H3. The van der Waals surface area contributed by atoms with Crippen LogP contribution in [0.4, 0.5) is 0 Å².